The molecule has 30 heavy (non-hydrogen) atoms. The summed E-state index contributed by atoms with van der Waals surface area (Å²) < 4.78 is 52.4. The number of anilines is 1. The van der Waals surface area contributed by atoms with Crippen molar-refractivity contribution in [1.82, 2.24) is 4.98 Å². The molecule has 0 saturated heterocycles. The van der Waals surface area contributed by atoms with Crippen LogP contribution in [0.2, 0.25) is 0 Å². The van der Waals surface area contributed by atoms with Crippen molar-refractivity contribution in [3.8, 4) is 5.88 Å². The van der Waals surface area contributed by atoms with Crippen molar-refractivity contribution in [2.75, 3.05) is 11.9 Å². The lowest BCUT2D eigenvalue weighted by atomic mass is 9.80. The lowest BCUT2D eigenvalue weighted by Crippen LogP contribution is -2.30. The molecule has 0 aliphatic carbocycles. The standard InChI is InChI=1S/C21H22F3N3O3/c1-4-29-20(28)17-15(12-7-5-6-8-13(12)21(22,23)24)16-14(27-18(17)25)9-10-26-19(16)30-11(2)3/h5-11,15,27H,4,25H2,1-3H3. The minimum atomic E-state index is -4.64. The van der Waals surface area contributed by atoms with Crippen molar-refractivity contribution in [1.29, 1.82) is 0 Å². The number of nitrogens with zero attached hydrogens (tertiary/aromatic N) is 1. The van der Waals surface area contributed by atoms with Gasteiger partial charge in [-0.05, 0) is 38.5 Å². The molecule has 160 valence electrons. The fraction of sp³-hybridized carbons (Fsp3) is 0.333. The summed E-state index contributed by atoms with van der Waals surface area (Å²) in [6, 6.07) is 6.63. The zero-order valence-corrected chi connectivity index (χ0v) is 16.7. The predicted molar refractivity (Wildman–Crippen MR) is 105 cm³/mol. The highest BCUT2D eigenvalue weighted by molar-refractivity contribution is 5.95. The van der Waals surface area contributed by atoms with Gasteiger partial charge in [0.2, 0.25) is 5.88 Å². The Labute approximate surface area is 171 Å². The first-order valence-corrected chi connectivity index (χ1v) is 9.40. The molecule has 0 saturated carbocycles. The predicted octanol–water partition coefficient (Wildman–Crippen LogP) is 4.18. The monoisotopic (exact) mass is 421 g/mol. The molecule has 1 aromatic carbocycles. The van der Waals surface area contributed by atoms with Crippen LogP contribution in [0, 0.1) is 0 Å². The van der Waals surface area contributed by atoms with Crippen molar-refractivity contribution < 1.29 is 27.4 Å². The molecule has 2 heterocycles. The third kappa shape index (κ3) is 4.05. The molecule has 1 aliphatic heterocycles. The molecule has 0 spiro atoms. The van der Waals surface area contributed by atoms with Gasteiger partial charge in [0.05, 0.1) is 41.0 Å². The van der Waals surface area contributed by atoms with E-state index in [0.29, 0.717) is 11.3 Å². The Hall–Kier alpha value is -3.23. The van der Waals surface area contributed by atoms with E-state index in [1.165, 1.54) is 24.4 Å². The van der Waals surface area contributed by atoms with Crippen LogP contribution in [0.25, 0.3) is 0 Å². The van der Waals surface area contributed by atoms with Gasteiger partial charge in [-0.15, -0.1) is 0 Å². The molecule has 9 heteroatoms. The minimum Gasteiger partial charge on any atom is -0.475 e. The topological polar surface area (TPSA) is 86.5 Å². The number of nitrogens with two attached hydrogens (primary N) is 1. The van der Waals surface area contributed by atoms with Crippen LogP contribution in [-0.2, 0) is 15.7 Å². The summed E-state index contributed by atoms with van der Waals surface area (Å²) >= 11 is 0. The molecule has 1 aliphatic rings. The number of alkyl halides is 3. The maximum absolute atomic E-state index is 13.8. The van der Waals surface area contributed by atoms with E-state index in [4.69, 9.17) is 15.2 Å². The Morgan fingerprint density at radius 1 is 1.27 bits per heavy atom. The molecule has 2 aromatic rings. The van der Waals surface area contributed by atoms with Crippen LogP contribution in [0.1, 0.15) is 43.4 Å². The molecule has 3 N–H and O–H groups in total. The van der Waals surface area contributed by atoms with Gasteiger partial charge in [0.1, 0.15) is 5.82 Å². The van der Waals surface area contributed by atoms with E-state index < -0.39 is 23.6 Å². The number of aromatic nitrogens is 1. The van der Waals surface area contributed by atoms with E-state index in [1.54, 1.807) is 26.8 Å². The van der Waals surface area contributed by atoms with E-state index in [0.717, 1.165) is 6.07 Å². The zero-order chi connectivity index (χ0) is 22.1. The number of carbonyl (C=O) groups is 1. The summed E-state index contributed by atoms with van der Waals surface area (Å²) in [6.45, 7) is 5.18. The summed E-state index contributed by atoms with van der Waals surface area (Å²) in [5.74, 6) is -1.95. The number of esters is 1. The Morgan fingerprint density at radius 2 is 1.97 bits per heavy atom. The third-order valence-corrected chi connectivity index (χ3v) is 4.51. The highest BCUT2D eigenvalue weighted by Gasteiger charge is 2.42. The van der Waals surface area contributed by atoms with E-state index in [2.05, 4.69) is 10.3 Å². The summed E-state index contributed by atoms with van der Waals surface area (Å²) in [4.78, 5) is 17.0. The number of nitrogens with one attached hydrogen (secondary N) is 1. The van der Waals surface area contributed by atoms with Gasteiger partial charge < -0.3 is 20.5 Å². The maximum Gasteiger partial charge on any atom is 0.416 e. The van der Waals surface area contributed by atoms with Crippen molar-refractivity contribution in [2.24, 2.45) is 5.73 Å². The summed E-state index contributed by atoms with van der Waals surface area (Å²) in [7, 11) is 0. The van der Waals surface area contributed by atoms with E-state index >= 15 is 0 Å². The summed E-state index contributed by atoms with van der Waals surface area (Å²) in [5.41, 5.74) is 5.65. The number of fused-ring (bicyclic) bond motifs is 1. The molecule has 1 unspecified atom stereocenters. The number of hydrogen-bond acceptors (Lipinski definition) is 6. The summed E-state index contributed by atoms with van der Waals surface area (Å²) in [6.07, 6.45) is -3.48. The van der Waals surface area contributed by atoms with Crippen LogP contribution in [0.15, 0.2) is 47.9 Å². The molecular formula is C21H22F3N3O3. The van der Waals surface area contributed by atoms with E-state index in [1.807, 2.05) is 0 Å². The highest BCUT2D eigenvalue weighted by atomic mass is 19.4. The van der Waals surface area contributed by atoms with Crippen LogP contribution in [0.4, 0.5) is 18.9 Å². The Morgan fingerprint density at radius 3 is 2.60 bits per heavy atom. The Kier molecular flexibility index (Phi) is 5.91. The van der Waals surface area contributed by atoms with Gasteiger partial charge in [-0.2, -0.15) is 13.2 Å². The fourth-order valence-corrected chi connectivity index (χ4v) is 3.43. The van der Waals surface area contributed by atoms with Gasteiger partial charge in [0, 0.05) is 6.20 Å². The number of hydrogen-bond donors (Lipinski definition) is 2. The van der Waals surface area contributed by atoms with Crippen LogP contribution in [-0.4, -0.2) is 23.7 Å². The SMILES string of the molecule is CCOC(=O)C1=C(N)Nc2ccnc(OC(C)C)c2C1c1ccccc1C(F)(F)F. The van der Waals surface area contributed by atoms with Gasteiger partial charge in [-0.25, -0.2) is 9.78 Å². The van der Waals surface area contributed by atoms with Gasteiger partial charge >= 0.3 is 12.1 Å². The molecule has 0 fully saturated rings. The number of rotatable bonds is 5. The van der Waals surface area contributed by atoms with Crippen molar-refractivity contribution in [3.05, 3.63) is 64.6 Å². The van der Waals surface area contributed by atoms with E-state index in [9.17, 15) is 18.0 Å². The van der Waals surface area contributed by atoms with Gasteiger partial charge in [0.25, 0.3) is 0 Å². The second-order valence-electron chi connectivity index (χ2n) is 6.93. The van der Waals surface area contributed by atoms with Crippen LogP contribution in [0.5, 0.6) is 5.88 Å². The number of pyridine rings is 1. The first-order valence-electron chi connectivity index (χ1n) is 9.40. The fourth-order valence-electron chi connectivity index (χ4n) is 3.43. The number of halogens is 3. The van der Waals surface area contributed by atoms with E-state index in [-0.39, 0.29) is 35.5 Å². The number of carbonyl (C=O) groups excluding carboxylic acids is 1. The minimum absolute atomic E-state index is 0.0402. The normalized spacial score (nSPS) is 16.2. The molecule has 0 amide bonds. The second-order valence-corrected chi connectivity index (χ2v) is 6.93. The van der Waals surface area contributed by atoms with Crippen LogP contribution in [0.3, 0.4) is 0 Å². The summed E-state index contributed by atoms with van der Waals surface area (Å²) in [5, 5.41) is 2.88. The Balaban J connectivity index is 2.33. The number of ether oxygens (including phenoxy) is 2. The first kappa shape index (κ1) is 21.5. The van der Waals surface area contributed by atoms with Crippen LogP contribution >= 0.6 is 0 Å². The van der Waals surface area contributed by atoms with Gasteiger partial charge in [-0.3, -0.25) is 0 Å². The average Bonchev–Trinajstić information content (AvgIpc) is 2.66. The molecule has 3 rings (SSSR count). The van der Waals surface area contributed by atoms with Crippen molar-refractivity contribution >= 4 is 11.7 Å². The molecule has 0 bridgehead atoms. The maximum atomic E-state index is 13.8. The molecule has 6 nitrogen and oxygen atoms in total. The second kappa shape index (κ2) is 8.25. The molecule has 1 aromatic heterocycles. The van der Waals surface area contributed by atoms with Crippen LogP contribution < -0.4 is 15.8 Å². The zero-order valence-electron chi connectivity index (χ0n) is 16.7. The average molecular weight is 421 g/mol. The lowest BCUT2D eigenvalue weighted by Gasteiger charge is -2.32. The molecule has 1 atom stereocenters. The molecular weight excluding hydrogens is 399 g/mol. The molecule has 0 radical (unpaired) electrons. The van der Waals surface area contributed by atoms with Gasteiger partial charge in [-0.1, -0.05) is 18.2 Å². The Bertz CT molecular complexity index is 987. The highest BCUT2D eigenvalue weighted by Crippen LogP contribution is 2.48. The first-order chi connectivity index (χ1) is 14.1. The smallest absolute Gasteiger partial charge is 0.416 e. The van der Waals surface area contributed by atoms with Crippen molar-refractivity contribution in [2.45, 2.75) is 39.0 Å². The number of benzene rings is 1. The quantitative estimate of drug-likeness (QED) is 0.705. The lowest BCUT2D eigenvalue weighted by molar-refractivity contribution is -0.140. The third-order valence-electron chi connectivity index (χ3n) is 4.51. The largest absolute Gasteiger partial charge is 0.475 e. The van der Waals surface area contributed by atoms with Gasteiger partial charge in [0.15, 0.2) is 0 Å². The van der Waals surface area contributed by atoms with Crippen molar-refractivity contribution in [3.63, 3.8) is 0 Å².